The molecule has 5 aromatic rings. The van der Waals surface area contributed by atoms with E-state index in [-0.39, 0.29) is 11.6 Å². The van der Waals surface area contributed by atoms with Crippen molar-refractivity contribution in [2.75, 3.05) is 41.4 Å². The molecule has 9 nitrogen and oxygen atoms in total. The number of anilines is 3. The Kier molecular flexibility index (Phi) is 8.02. The molecule has 5 heterocycles. The van der Waals surface area contributed by atoms with Gasteiger partial charge >= 0.3 is 5.97 Å². The zero-order valence-electron chi connectivity index (χ0n) is 26.0. The van der Waals surface area contributed by atoms with Crippen LogP contribution in [0.1, 0.15) is 67.2 Å². The van der Waals surface area contributed by atoms with Gasteiger partial charge in [-0.1, -0.05) is 41.7 Å². The first-order valence-corrected chi connectivity index (χ1v) is 17.9. The molecule has 11 heteroatoms. The van der Waals surface area contributed by atoms with E-state index in [0.29, 0.717) is 48.4 Å². The van der Waals surface area contributed by atoms with E-state index in [9.17, 15) is 14.7 Å². The molecule has 0 saturated carbocycles. The molecular weight excluding hydrogens is 631 g/mol. The van der Waals surface area contributed by atoms with E-state index in [0.717, 1.165) is 70.7 Å². The number of rotatable bonds is 9. The summed E-state index contributed by atoms with van der Waals surface area (Å²) in [6, 6.07) is 18.0. The number of fused-ring (bicyclic) bond motifs is 2. The van der Waals surface area contributed by atoms with Crippen LogP contribution in [0.5, 0.6) is 5.75 Å². The summed E-state index contributed by atoms with van der Waals surface area (Å²) < 4.78 is 7.33. The Labute approximate surface area is 280 Å². The molecule has 0 atom stereocenters. The maximum atomic E-state index is 13.5. The quantitative estimate of drug-likeness (QED) is 0.163. The van der Waals surface area contributed by atoms with Crippen molar-refractivity contribution in [1.29, 1.82) is 0 Å². The summed E-state index contributed by atoms with van der Waals surface area (Å²) in [5.41, 5.74) is 7.78. The van der Waals surface area contributed by atoms with Crippen molar-refractivity contribution in [3.05, 3.63) is 93.0 Å². The number of hydrogen-bond donors (Lipinski definition) is 2. The van der Waals surface area contributed by atoms with Crippen LogP contribution in [0.3, 0.4) is 0 Å². The molecule has 3 aliphatic rings. The highest BCUT2D eigenvalue weighted by Gasteiger charge is 2.28. The summed E-state index contributed by atoms with van der Waals surface area (Å²) in [4.78, 5) is 40.2. The molecule has 3 aliphatic heterocycles. The van der Waals surface area contributed by atoms with Gasteiger partial charge in [-0.15, -0.1) is 11.3 Å². The lowest BCUT2D eigenvalue weighted by atomic mass is 9.91. The predicted octanol–water partition coefficient (Wildman–Crippen LogP) is 6.98. The van der Waals surface area contributed by atoms with Crippen LogP contribution < -0.4 is 19.9 Å². The molecule has 1 amide bonds. The molecule has 0 radical (unpaired) electrons. The summed E-state index contributed by atoms with van der Waals surface area (Å²) in [6.07, 6.45) is 6.54. The Morgan fingerprint density at radius 3 is 2.62 bits per heavy atom. The highest BCUT2D eigenvalue weighted by atomic mass is 32.1. The highest BCUT2D eigenvalue weighted by molar-refractivity contribution is 7.22. The molecule has 47 heavy (non-hydrogen) atoms. The van der Waals surface area contributed by atoms with Crippen molar-refractivity contribution in [3.63, 3.8) is 0 Å². The first-order valence-electron chi connectivity index (χ1n) is 16.3. The van der Waals surface area contributed by atoms with Gasteiger partial charge < -0.3 is 19.6 Å². The van der Waals surface area contributed by atoms with Crippen LogP contribution in [0.2, 0.25) is 0 Å². The fourth-order valence-electron chi connectivity index (χ4n) is 7.15. The first-order chi connectivity index (χ1) is 23.0. The van der Waals surface area contributed by atoms with Crippen LogP contribution >= 0.6 is 22.7 Å². The lowest BCUT2D eigenvalue weighted by Gasteiger charge is -2.37. The van der Waals surface area contributed by atoms with Gasteiger partial charge in [0.05, 0.1) is 16.8 Å². The smallest absolute Gasteiger partial charge is 0.355 e. The lowest BCUT2D eigenvalue weighted by molar-refractivity contribution is 0.0690. The number of amides is 1. The number of aryl methyl sites for hydroxylation is 2. The summed E-state index contributed by atoms with van der Waals surface area (Å²) in [5, 5.41) is 14.3. The van der Waals surface area contributed by atoms with Crippen LogP contribution in [-0.4, -0.2) is 53.2 Å². The number of hydrogen-bond acceptors (Lipinski definition) is 9. The van der Waals surface area contributed by atoms with Crippen LogP contribution in [0.4, 0.5) is 16.0 Å². The summed E-state index contributed by atoms with van der Waals surface area (Å²) in [6.45, 7) is 3.93. The molecular formula is C36H35N5O4S2. The third-order valence-corrected chi connectivity index (χ3v) is 11.5. The Hall–Kier alpha value is -4.48. The number of para-hydroxylation sites is 1. The van der Waals surface area contributed by atoms with E-state index in [1.165, 1.54) is 45.9 Å². The number of carboxylic acid groups (broad SMARTS) is 1. The van der Waals surface area contributed by atoms with Gasteiger partial charge in [-0.3, -0.25) is 10.1 Å². The molecule has 0 unspecified atom stereocenters. The Balaban J connectivity index is 0.954. The second kappa shape index (κ2) is 12.6. The van der Waals surface area contributed by atoms with E-state index in [1.807, 2.05) is 36.4 Å². The number of carbonyl (C=O) groups is 2. The molecule has 0 spiro atoms. The third-order valence-electron chi connectivity index (χ3n) is 9.37. The first kappa shape index (κ1) is 29.9. The van der Waals surface area contributed by atoms with Crippen LogP contribution in [-0.2, 0) is 32.2 Å². The van der Waals surface area contributed by atoms with Crippen molar-refractivity contribution >= 4 is 60.7 Å². The lowest BCUT2D eigenvalue weighted by Crippen LogP contribution is -2.34. The van der Waals surface area contributed by atoms with E-state index >= 15 is 0 Å². The second-order valence-corrected chi connectivity index (χ2v) is 14.4. The zero-order chi connectivity index (χ0) is 31.9. The summed E-state index contributed by atoms with van der Waals surface area (Å²) in [5.74, 6) is -0.251. The minimum Gasteiger partial charge on any atom is -0.493 e. The number of nitrogens with zero attached hydrogens (tertiary/aromatic N) is 4. The number of benzene rings is 3. The topological polar surface area (TPSA) is 108 Å². The average molecular weight is 666 g/mol. The van der Waals surface area contributed by atoms with Crippen molar-refractivity contribution < 1.29 is 19.4 Å². The standard InChI is InChI=1S/C36H35N5O4S2/c42-33(39-35-37-27-11-1-2-12-29(27)46-35)24-9-3-7-22-16-19-41(21-26(22)24)36-38-31(34(43)44)30(47-36)13-6-20-45-28-15-14-23-8-4-17-40-18-5-10-25(28)32(23)40/h1-3,7,9,11-12,14-15H,4-6,8,10,13,16-21H2,(H,43,44)(H,37,39,42). The highest BCUT2D eigenvalue weighted by Crippen LogP contribution is 2.40. The van der Waals surface area contributed by atoms with Gasteiger partial charge in [0.2, 0.25) is 0 Å². The Morgan fingerprint density at radius 1 is 0.872 bits per heavy atom. The van der Waals surface area contributed by atoms with Crippen molar-refractivity contribution in [3.8, 4) is 5.75 Å². The van der Waals surface area contributed by atoms with Crippen molar-refractivity contribution in [2.45, 2.75) is 51.5 Å². The number of carboxylic acids is 1. The van der Waals surface area contributed by atoms with Crippen LogP contribution in [0.15, 0.2) is 54.6 Å². The summed E-state index contributed by atoms with van der Waals surface area (Å²) in [7, 11) is 0. The van der Waals surface area contributed by atoms with Gasteiger partial charge in [-0.2, -0.15) is 0 Å². The molecule has 2 N–H and O–H groups in total. The number of aromatic carboxylic acids is 1. The SMILES string of the molecule is O=C(Nc1nc2ccccc2s1)c1cccc2c1CN(c1nc(C(=O)O)c(CCCOc3ccc4c5c3CCCN5CCC4)s1)CC2. The molecule has 2 aromatic heterocycles. The van der Waals surface area contributed by atoms with Gasteiger partial charge in [-0.25, -0.2) is 14.8 Å². The molecule has 0 fully saturated rings. The second-order valence-electron chi connectivity index (χ2n) is 12.3. The maximum absolute atomic E-state index is 13.5. The molecule has 8 rings (SSSR count). The number of aromatic nitrogens is 2. The normalized spacial score (nSPS) is 15.3. The van der Waals surface area contributed by atoms with Crippen LogP contribution in [0.25, 0.3) is 10.2 Å². The largest absolute Gasteiger partial charge is 0.493 e. The fourth-order valence-corrected chi connectivity index (χ4v) is 9.13. The average Bonchev–Trinajstić information content (AvgIpc) is 3.71. The van der Waals surface area contributed by atoms with E-state index in [4.69, 9.17) is 4.74 Å². The van der Waals surface area contributed by atoms with Crippen molar-refractivity contribution in [2.24, 2.45) is 0 Å². The minimum atomic E-state index is -1.02. The van der Waals surface area contributed by atoms with Crippen molar-refractivity contribution in [1.82, 2.24) is 9.97 Å². The number of thiazole rings is 2. The van der Waals surface area contributed by atoms with Gasteiger partial charge in [-0.05, 0) is 85.9 Å². The van der Waals surface area contributed by atoms with Gasteiger partial charge in [0.25, 0.3) is 5.91 Å². The maximum Gasteiger partial charge on any atom is 0.355 e. The zero-order valence-corrected chi connectivity index (χ0v) is 27.6. The molecule has 0 saturated heterocycles. The molecule has 0 aliphatic carbocycles. The Morgan fingerprint density at radius 2 is 1.74 bits per heavy atom. The number of ether oxygens (including phenoxy) is 1. The van der Waals surface area contributed by atoms with E-state index in [2.05, 4.69) is 43.3 Å². The third kappa shape index (κ3) is 5.82. The predicted molar refractivity (Wildman–Crippen MR) is 187 cm³/mol. The van der Waals surface area contributed by atoms with E-state index < -0.39 is 5.97 Å². The number of nitrogens with one attached hydrogen (secondary N) is 1. The van der Waals surface area contributed by atoms with Gasteiger partial charge in [0.15, 0.2) is 16.0 Å². The van der Waals surface area contributed by atoms with E-state index in [1.54, 1.807) is 0 Å². The monoisotopic (exact) mass is 665 g/mol. The van der Waals surface area contributed by atoms with Gasteiger partial charge in [0.1, 0.15) is 5.75 Å². The number of carbonyl (C=O) groups excluding carboxylic acids is 1. The Bertz CT molecular complexity index is 1970. The minimum absolute atomic E-state index is 0.108. The van der Waals surface area contributed by atoms with Gasteiger partial charge in [0, 0.05) is 47.9 Å². The molecule has 0 bridgehead atoms. The summed E-state index contributed by atoms with van der Waals surface area (Å²) >= 11 is 2.88. The molecule has 3 aromatic carbocycles. The molecule has 240 valence electrons. The fraction of sp³-hybridized carbons (Fsp3) is 0.333. The van der Waals surface area contributed by atoms with Crippen LogP contribution in [0, 0.1) is 0 Å².